The molecule has 3 heterocycles. The van der Waals surface area contributed by atoms with Gasteiger partial charge in [-0.1, -0.05) is 12.5 Å². The van der Waals surface area contributed by atoms with E-state index in [1.165, 1.54) is 19.3 Å². The average Bonchev–Trinajstić information content (AvgIpc) is 2.85. The largest absolute Gasteiger partial charge is 0.540 e. The Bertz CT molecular complexity index is 1230. The third-order valence-electron chi connectivity index (χ3n) is 5.94. The molecule has 2 aromatic rings. The Hall–Kier alpha value is -3.77. The fourth-order valence-corrected chi connectivity index (χ4v) is 4.24. The van der Waals surface area contributed by atoms with Crippen molar-refractivity contribution < 1.29 is 36.6 Å². The molecule has 37 heavy (non-hydrogen) atoms. The van der Waals surface area contributed by atoms with Crippen molar-refractivity contribution in [2.45, 2.75) is 31.7 Å². The van der Waals surface area contributed by atoms with Crippen LogP contribution >= 0.6 is 0 Å². The number of urea groups is 1. The lowest BCUT2D eigenvalue weighted by Crippen LogP contribution is -2.43. The number of ether oxygens (including phenoxy) is 3. The summed E-state index contributed by atoms with van der Waals surface area (Å²) in [4.78, 5) is 12.4. The molecule has 0 radical (unpaired) electrons. The van der Waals surface area contributed by atoms with Crippen LogP contribution in [0.25, 0.3) is 0 Å². The van der Waals surface area contributed by atoms with Gasteiger partial charge in [-0.3, -0.25) is 0 Å². The number of hydrogen-bond acceptors (Lipinski definition) is 6. The highest BCUT2D eigenvalue weighted by Gasteiger charge is 2.54. The molecule has 12 heteroatoms. The molecule has 0 saturated carbocycles. The van der Waals surface area contributed by atoms with Crippen LogP contribution in [0.5, 0.6) is 11.5 Å². The molecule has 5 rings (SSSR count). The zero-order valence-corrected chi connectivity index (χ0v) is 19.6. The molecule has 2 aromatic carbocycles. The minimum Gasteiger partial charge on any atom is -0.458 e. The van der Waals surface area contributed by atoms with E-state index in [1.807, 2.05) is 18.4 Å². The van der Waals surface area contributed by atoms with Gasteiger partial charge in [0, 0.05) is 36.7 Å². The number of hydrazine groups is 1. The molecule has 196 valence electrons. The van der Waals surface area contributed by atoms with E-state index in [0.717, 1.165) is 31.3 Å². The van der Waals surface area contributed by atoms with E-state index in [-0.39, 0.29) is 5.69 Å². The van der Waals surface area contributed by atoms with Crippen LogP contribution in [0.2, 0.25) is 0 Å². The highest BCUT2D eigenvalue weighted by atomic mass is 19.3. The molecule has 3 aliphatic heterocycles. The number of benzene rings is 2. The summed E-state index contributed by atoms with van der Waals surface area (Å²) >= 11 is 0. The molecular formula is C25H24F4N4O4. The number of nitrogens with one attached hydrogen (secondary N) is 2. The number of rotatable bonds is 5. The summed E-state index contributed by atoms with van der Waals surface area (Å²) in [6.45, 7) is 2.77. The third-order valence-corrected chi connectivity index (χ3v) is 5.94. The van der Waals surface area contributed by atoms with Gasteiger partial charge in [-0.15, -0.1) is 8.78 Å². The van der Waals surface area contributed by atoms with Gasteiger partial charge < -0.3 is 25.1 Å². The van der Waals surface area contributed by atoms with Crippen molar-refractivity contribution >= 4 is 17.4 Å². The number of amides is 2. The summed E-state index contributed by atoms with van der Waals surface area (Å²) in [5.41, 5.74) is -0.615. The van der Waals surface area contributed by atoms with Crippen LogP contribution in [0.4, 0.5) is 33.7 Å². The molecule has 0 spiro atoms. The summed E-state index contributed by atoms with van der Waals surface area (Å²) in [7, 11) is 0. The van der Waals surface area contributed by atoms with Crippen LogP contribution in [0.3, 0.4) is 0 Å². The van der Waals surface area contributed by atoms with Gasteiger partial charge in [0.15, 0.2) is 0 Å². The van der Waals surface area contributed by atoms with E-state index >= 15 is 0 Å². The van der Waals surface area contributed by atoms with E-state index in [4.69, 9.17) is 4.74 Å². The quantitative estimate of drug-likeness (QED) is 0.483. The molecule has 0 aromatic heterocycles. The summed E-state index contributed by atoms with van der Waals surface area (Å²) in [6, 6.07) is 8.78. The van der Waals surface area contributed by atoms with Crippen LogP contribution in [-0.4, -0.2) is 42.0 Å². The highest BCUT2D eigenvalue weighted by molar-refractivity contribution is 6.00. The van der Waals surface area contributed by atoms with E-state index < -0.39 is 29.7 Å². The number of hydrogen-bond donors (Lipinski definition) is 2. The fourth-order valence-electron chi connectivity index (χ4n) is 4.24. The molecule has 0 aliphatic carbocycles. The standard InChI is InChI=1S/C25H24F4N4O4/c26-24(27)21-16-18(7-8-22(21)36-25(28,29)37-24)31-23(34)30-17-5-4-6-20(15-17)35-19-9-13-33(14-10-19)32-11-2-1-3-12-32/h4-10,13,15-16H,1-3,11-12,14H2,(H2,30,31,34). The molecule has 1 saturated heterocycles. The van der Waals surface area contributed by atoms with Crippen molar-refractivity contribution in [3.05, 3.63) is 72.1 Å². The Balaban J connectivity index is 1.18. The van der Waals surface area contributed by atoms with Gasteiger partial charge in [-0.05, 0) is 55.3 Å². The fraction of sp³-hybridized carbons (Fsp3) is 0.320. The second kappa shape index (κ2) is 9.94. The molecule has 2 amide bonds. The van der Waals surface area contributed by atoms with Crippen molar-refractivity contribution in [1.82, 2.24) is 10.0 Å². The van der Waals surface area contributed by atoms with E-state index in [9.17, 15) is 22.4 Å². The van der Waals surface area contributed by atoms with Crippen LogP contribution in [-0.2, 0) is 10.8 Å². The maximum Gasteiger partial charge on any atom is 0.540 e. The van der Waals surface area contributed by atoms with Crippen LogP contribution < -0.4 is 20.1 Å². The number of piperidine rings is 1. The molecule has 0 bridgehead atoms. The lowest BCUT2D eigenvalue weighted by atomic mass is 10.1. The maximum absolute atomic E-state index is 14.0. The number of carbonyl (C=O) groups excluding carboxylic acids is 1. The normalized spacial score (nSPS) is 20.3. The summed E-state index contributed by atoms with van der Waals surface area (Å²) in [5, 5.41) is 9.44. The number of halogens is 4. The molecule has 3 aliphatic rings. The maximum atomic E-state index is 14.0. The first-order chi connectivity index (χ1) is 17.7. The summed E-state index contributed by atoms with van der Waals surface area (Å²) in [6.07, 6.45) is 0.689. The molecule has 1 fully saturated rings. The van der Waals surface area contributed by atoms with Gasteiger partial charge >= 0.3 is 18.4 Å². The summed E-state index contributed by atoms with van der Waals surface area (Å²) in [5.74, 6) is 0.408. The van der Waals surface area contributed by atoms with Crippen LogP contribution in [0.1, 0.15) is 24.8 Å². The summed E-state index contributed by atoms with van der Waals surface area (Å²) < 4.78 is 67.8. The third kappa shape index (κ3) is 5.97. The molecule has 0 unspecified atom stereocenters. The Morgan fingerprint density at radius 2 is 1.73 bits per heavy atom. The molecule has 2 N–H and O–H groups in total. The second-order valence-electron chi connectivity index (χ2n) is 8.66. The topological polar surface area (TPSA) is 75.3 Å². The van der Waals surface area contributed by atoms with Crippen molar-refractivity contribution in [2.75, 3.05) is 30.3 Å². The lowest BCUT2D eigenvalue weighted by molar-refractivity contribution is -0.461. The average molecular weight is 520 g/mol. The number of fused-ring (bicyclic) bond motifs is 1. The number of allylic oxidation sites excluding steroid dienone is 1. The zero-order valence-electron chi connectivity index (χ0n) is 19.6. The lowest BCUT2D eigenvalue weighted by Gasteiger charge is -2.37. The minimum atomic E-state index is -4.47. The van der Waals surface area contributed by atoms with E-state index in [2.05, 4.69) is 30.1 Å². The van der Waals surface area contributed by atoms with Gasteiger partial charge in [0.25, 0.3) is 0 Å². The SMILES string of the molecule is O=C(Nc1cccc(OC2=CCN(N3CCCCC3)C=C2)c1)Nc1ccc2c(c1)C(F)(F)OC(F)(F)O2. The Labute approximate surface area is 210 Å². The number of nitrogens with zero attached hydrogens (tertiary/aromatic N) is 2. The van der Waals surface area contributed by atoms with E-state index in [1.54, 1.807) is 24.3 Å². The van der Waals surface area contributed by atoms with Gasteiger partial charge in [-0.2, -0.15) is 8.78 Å². The minimum absolute atomic E-state index is 0.0727. The smallest absolute Gasteiger partial charge is 0.458 e. The second-order valence-corrected chi connectivity index (χ2v) is 8.66. The van der Waals surface area contributed by atoms with Gasteiger partial charge in [0.05, 0.1) is 12.1 Å². The number of alkyl halides is 4. The number of carbonyl (C=O) groups is 1. The molecule has 0 atom stereocenters. The zero-order chi connectivity index (χ0) is 26.0. The highest BCUT2D eigenvalue weighted by Crippen LogP contribution is 2.46. The van der Waals surface area contributed by atoms with Crippen molar-refractivity contribution in [3.8, 4) is 11.5 Å². The Morgan fingerprint density at radius 1 is 0.973 bits per heavy atom. The van der Waals surface area contributed by atoms with Gasteiger partial charge in [0.1, 0.15) is 17.3 Å². The predicted octanol–water partition coefficient (Wildman–Crippen LogP) is 5.83. The first-order valence-electron chi connectivity index (χ1n) is 11.7. The monoisotopic (exact) mass is 520 g/mol. The van der Waals surface area contributed by atoms with Crippen LogP contribution in [0, 0.1) is 0 Å². The van der Waals surface area contributed by atoms with E-state index in [0.29, 0.717) is 23.7 Å². The molecule has 8 nitrogen and oxygen atoms in total. The Morgan fingerprint density at radius 3 is 2.46 bits per heavy atom. The van der Waals surface area contributed by atoms with Crippen molar-refractivity contribution in [1.29, 1.82) is 0 Å². The van der Waals surface area contributed by atoms with Gasteiger partial charge in [-0.25, -0.2) is 14.5 Å². The Kier molecular flexibility index (Phi) is 6.69. The van der Waals surface area contributed by atoms with Crippen molar-refractivity contribution in [2.24, 2.45) is 0 Å². The number of anilines is 2. The van der Waals surface area contributed by atoms with Crippen LogP contribution in [0.15, 0.2) is 66.6 Å². The molecular weight excluding hydrogens is 496 g/mol. The first-order valence-corrected chi connectivity index (χ1v) is 11.7. The predicted molar refractivity (Wildman–Crippen MR) is 126 cm³/mol. The first kappa shape index (κ1) is 24.9. The van der Waals surface area contributed by atoms with Crippen molar-refractivity contribution in [3.63, 3.8) is 0 Å². The van der Waals surface area contributed by atoms with Gasteiger partial charge in [0.2, 0.25) is 0 Å².